The molecule has 1 aliphatic carbocycles. The van der Waals surface area contributed by atoms with Crippen molar-refractivity contribution in [1.82, 2.24) is 4.98 Å². The Morgan fingerprint density at radius 3 is 2.32 bits per heavy atom. The van der Waals surface area contributed by atoms with E-state index in [1.807, 2.05) is 24.3 Å². The number of hydrogen-bond donors (Lipinski definition) is 0. The molecule has 0 N–H and O–H groups in total. The van der Waals surface area contributed by atoms with Gasteiger partial charge in [-0.3, -0.25) is 4.98 Å². The third kappa shape index (κ3) is 5.41. The van der Waals surface area contributed by atoms with Gasteiger partial charge in [0.05, 0.1) is 25.4 Å². The number of pyridine rings is 1. The van der Waals surface area contributed by atoms with Crippen molar-refractivity contribution >= 4 is 0 Å². The fraction of sp³-hybridized carbons (Fsp3) is 0.370. The molecule has 0 amide bonds. The summed E-state index contributed by atoms with van der Waals surface area (Å²) in [4.78, 5) is 4.53. The van der Waals surface area contributed by atoms with Gasteiger partial charge in [-0.2, -0.15) is 13.2 Å². The molecule has 2 aromatic carbocycles. The van der Waals surface area contributed by atoms with Gasteiger partial charge in [0.1, 0.15) is 5.75 Å². The Bertz CT molecular complexity index is 1120. The van der Waals surface area contributed by atoms with E-state index < -0.39 is 17.9 Å². The van der Waals surface area contributed by atoms with E-state index in [1.165, 1.54) is 18.3 Å². The van der Waals surface area contributed by atoms with Crippen molar-refractivity contribution in [1.29, 1.82) is 0 Å². The number of nitrogens with zero attached hydrogens (tertiary/aromatic N) is 1. The number of hydrogen-bond acceptors (Lipinski definition) is 3. The van der Waals surface area contributed by atoms with Gasteiger partial charge >= 0.3 is 6.18 Å². The number of aromatic nitrogens is 1. The molecule has 1 heterocycles. The van der Waals surface area contributed by atoms with Gasteiger partial charge in [-0.1, -0.05) is 38.1 Å². The summed E-state index contributed by atoms with van der Waals surface area (Å²) in [5.74, 6) is 0.763. The maximum Gasteiger partial charge on any atom is 0.416 e. The first-order valence-corrected chi connectivity index (χ1v) is 11.1. The highest BCUT2D eigenvalue weighted by Crippen LogP contribution is 2.43. The summed E-state index contributed by atoms with van der Waals surface area (Å²) in [6, 6.07) is 13.5. The van der Waals surface area contributed by atoms with E-state index in [0.717, 1.165) is 47.5 Å². The van der Waals surface area contributed by atoms with Gasteiger partial charge in [0, 0.05) is 23.0 Å². The third-order valence-corrected chi connectivity index (χ3v) is 6.19. The topological polar surface area (TPSA) is 31.4 Å². The number of ether oxygens (including phenoxy) is 2. The lowest BCUT2D eigenvalue weighted by molar-refractivity contribution is -0.137. The van der Waals surface area contributed by atoms with E-state index in [1.54, 1.807) is 13.2 Å². The van der Waals surface area contributed by atoms with Crippen LogP contribution < -0.4 is 4.74 Å². The first kappa shape index (κ1) is 24.2. The molecule has 4 rings (SSSR count). The van der Waals surface area contributed by atoms with Crippen LogP contribution in [0.3, 0.4) is 0 Å². The Balaban J connectivity index is 1.57. The molecule has 0 saturated heterocycles. The van der Waals surface area contributed by atoms with Crippen LogP contribution in [0.25, 0.3) is 0 Å². The van der Waals surface area contributed by atoms with Crippen molar-refractivity contribution in [3.8, 4) is 5.75 Å². The minimum atomic E-state index is -4.46. The SMILES string of the molecule is COc1ccc(COC2CC(C)(C)Cc3ncc([C@@H](F)c4ccc(C(F)(F)F)cc4)cc32)cc1. The standard InChI is InChI=1S/C27H27F4NO2/c1-26(2)13-23-22(24(14-26)34-16-17-4-10-21(33-3)11-5-17)12-19(15-32-23)25(28)18-6-8-20(9-7-18)27(29,30)31/h4-12,15,24-25H,13-14,16H2,1-3H3/t24?,25-/m0/s1. The van der Waals surface area contributed by atoms with E-state index in [4.69, 9.17) is 9.47 Å². The Labute approximate surface area is 196 Å². The first-order chi connectivity index (χ1) is 16.1. The summed E-state index contributed by atoms with van der Waals surface area (Å²) in [6.07, 6.45) is -3.35. The molecule has 0 bridgehead atoms. The van der Waals surface area contributed by atoms with Gasteiger partial charge in [0.25, 0.3) is 0 Å². The Morgan fingerprint density at radius 2 is 1.71 bits per heavy atom. The molecule has 3 aromatic rings. The zero-order valence-corrected chi connectivity index (χ0v) is 19.3. The Morgan fingerprint density at radius 1 is 1.03 bits per heavy atom. The predicted molar refractivity (Wildman–Crippen MR) is 121 cm³/mol. The van der Waals surface area contributed by atoms with Crippen molar-refractivity contribution in [2.75, 3.05) is 7.11 Å². The van der Waals surface area contributed by atoms with Crippen LogP contribution in [0.5, 0.6) is 5.75 Å². The lowest BCUT2D eigenvalue weighted by Crippen LogP contribution is -2.28. The minimum absolute atomic E-state index is 0.0331. The molecule has 1 aromatic heterocycles. The maximum absolute atomic E-state index is 15.3. The quantitative estimate of drug-likeness (QED) is 0.350. The van der Waals surface area contributed by atoms with E-state index in [-0.39, 0.29) is 17.1 Å². The van der Waals surface area contributed by atoms with Gasteiger partial charge in [-0.15, -0.1) is 0 Å². The molecule has 34 heavy (non-hydrogen) atoms. The van der Waals surface area contributed by atoms with Gasteiger partial charge in [-0.05, 0) is 59.7 Å². The van der Waals surface area contributed by atoms with E-state index >= 15 is 4.39 Å². The van der Waals surface area contributed by atoms with Crippen LogP contribution in [0.2, 0.25) is 0 Å². The van der Waals surface area contributed by atoms with Gasteiger partial charge in [-0.25, -0.2) is 4.39 Å². The van der Waals surface area contributed by atoms with Gasteiger partial charge < -0.3 is 9.47 Å². The number of methoxy groups -OCH3 is 1. The molecule has 0 radical (unpaired) electrons. The molecular formula is C27H27F4NO2. The van der Waals surface area contributed by atoms with Crippen molar-refractivity contribution in [3.63, 3.8) is 0 Å². The predicted octanol–water partition coefficient (Wildman–Crippen LogP) is 7.40. The Kier molecular flexibility index (Phi) is 6.67. The fourth-order valence-electron chi connectivity index (χ4n) is 4.33. The van der Waals surface area contributed by atoms with Gasteiger partial charge in [0.2, 0.25) is 0 Å². The average Bonchev–Trinajstić information content (AvgIpc) is 2.81. The monoisotopic (exact) mass is 473 g/mol. The Hall–Kier alpha value is -2.93. The van der Waals surface area contributed by atoms with Crippen molar-refractivity contribution in [2.24, 2.45) is 5.41 Å². The second-order valence-corrected chi connectivity index (χ2v) is 9.48. The first-order valence-electron chi connectivity index (χ1n) is 11.1. The van der Waals surface area contributed by atoms with Crippen LogP contribution in [0.15, 0.2) is 60.8 Å². The molecule has 180 valence electrons. The van der Waals surface area contributed by atoms with Crippen LogP contribution in [0.4, 0.5) is 17.6 Å². The molecule has 7 heteroatoms. The molecular weight excluding hydrogens is 446 g/mol. The number of rotatable bonds is 6. The smallest absolute Gasteiger partial charge is 0.416 e. The highest BCUT2D eigenvalue weighted by molar-refractivity contribution is 5.37. The van der Waals surface area contributed by atoms with Crippen LogP contribution in [-0.2, 0) is 23.9 Å². The van der Waals surface area contributed by atoms with Crippen LogP contribution in [0.1, 0.15) is 66.1 Å². The van der Waals surface area contributed by atoms with Crippen molar-refractivity contribution < 1.29 is 27.0 Å². The average molecular weight is 474 g/mol. The summed E-state index contributed by atoms with van der Waals surface area (Å²) in [5.41, 5.74) is 2.30. The zero-order valence-electron chi connectivity index (χ0n) is 19.3. The fourth-order valence-corrected chi connectivity index (χ4v) is 4.33. The summed E-state index contributed by atoms with van der Waals surface area (Å²) < 4.78 is 65.3. The molecule has 0 fully saturated rings. The van der Waals surface area contributed by atoms with Crippen molar-refractivity contribution in [3.05, 3.63) is 94.3 Å². The summed E-state index contributed by atoms with van der Waals surface area (Å²) in [5, 5.41) is 0. The molecule has 3 nitrogen and oxygen atoms in total. The zero-order chi connectivity index (χ0) is 24.5. The van der Waals surface area contributed by atoms with Crippen LogP contribution in [-0.4, -0.2) is 12.1 Å². The number of alkyl halides is 4. The second-order valence-electron chi connectivity index (χ2n) is 9.48. The lowest BCUT2D eigenvalue weighted by Gasteiger charge is -2.36. The van der Waals surface area contributed by atoms with Gasteiger partial charge in [0.15, 0.2) is 6.17 Å². The second kappa shape index (κ2) is 9.37. The molecule has 2 atom stereocenters. The molecule has 0 saturated carbocycles. The van der Waals surface area contributed by atoms with E-state index in [2.05, 4.69) is 18.8 Å². The third-order valence-electron chi connectivity index (χ3n) is 6.19. The molecule has 0 aliphatic heterocycles. The highest BCUT2D eigenvalue weighted by atomic mass is 19.4. The molecule has 1 unspecified atom stereocenters. The van der Waals surface area contributed by atoms with Crippen molar-refractivity contribution in [2.45, 2.75) is 51.7 Å². The molecule has 0 spiro atoms. The number of halogens is 4. The highest BCUT2D eigenvalue weighted by Gasteiger charge is 2.35. The maximum atomic E-state index is 15.3. The number of fused-ring (bicyclic) bond motifs is 1. The van der Waals surface area contributed by atoms with E-state index in [0.29, 0.717) is 12.2 Å². The molecule has 1 aliphatic rings. The number of benzene rings is 2. The minimum Gasteiger partial charge on any atom is -0.497 e. The summed E-state index contributed by atoms with van der Waals surface area (Å²) in [6.45, 7) is 4.68. The largest absolute Gasteiger partial charge is 0.497 e. The lowest BCUT2D eigenvalue weighted by atomic mass is 9.74. The van der Waals surface area contributed by atoms with Crippen LogP contribution >= 0.6 is 0 Å². The summed E-state index contributed by atoms with van der Waals surface area (Å²) in [7, 11) is 1.61. The normalized spacial score (nSPS) is 18.3. The van der Waals surface area contributed by atoms with E-state index in [9.17, 15) is 13.2 Å². The summed E-state index contributed by atoms with van der Waals surface area (Å²) >= 11 is 0. The van der Waals surface area contributed by atoms with Crippen LogP contribution in [0, 0.1) is 5.41 Å².